The maximum Gasteiger partial charge on any atom is 0.163 e. The van der Waals surface area contributed by atoms with Crippen LogP contribution < -0.4 is 0 Å². The van der Waals surface area contributed by atoms with Crippen molar-refractivity contribution in [1.29, 1.82) is 0 Å². The average Bonchev–Trinajstić information content (AvgIpc) is 2.93. The van der Waals surface area contributed by atoms with Gasteiger partial charge in [-0.1, -0.05) is 26.0 Å². The standard InChI is InChI=1S/C18H25N3O2/c1-12(2)9-17-19-18(16-11-22-7-8-23-16)21(20-17)15-10-13(3)5-6-14(15)4/h5-6,10,12,16H,7-9,11H2,1-4H3/t16-/m0/s1. The second-order valence-electron chi connectivity index (χ2n) is 6.62. The molecule has 1 atom stereocenters. The van der Waals surface area contributed by atoms with Crippen LogP contribution >= 0.6 is 0 Å². The zero-order chi connectivity index (χ0) is 16.4. The first-order valence-corrected chi connectivity index (χ1v) is 8.27. The van der Waals surface area contributed by atoms with Crippen molar-refractivity contribution in [2.75, 3.05) is 19.8 Å². The predicted octanol–water partition coefficient (Wildman–Crippen LogP) is 3.17. The fraction of sp³-hybridized carbons (Fsp3) is 0.556. The van der Waals surface area contributed by atoms with E-state index in [1.165, 1.54) is 11.1 Å². The van der Waals surface area contributed by atoms with Gasteiger partial charge in [0, 0.05) is 6.42 Å². The number of benzene rings is 1. The Morgan fingerprint density at radius 3 is 2.78 bits per heavy atom. The van der Waals surface area contributed by atoms with Crippen LogP contribution in [0.5, 0.6) is 0 Å². The largest absolute Gasteiger partial charge is 0.376 e. The van der Waals surface area contributed by atoms with Crippen LogP contribution in [0, 0.1) is 19.8 Å². The quantitative estimate of drug-likeness (QED) is 0.869. The second kappa shape index (κ2) is 6.81. The summed E-state index contributed by atoms with van der Waals surface area (Å²) in [5.74, 6) is 2.22. The lowest BCUT2D eigenvalue weighted by atomic mass is 10.1. The van der Waals surface area contributed by atoms with Crippen molar-refractivity contribution in [2.24, 2.45) is 5.92 Å². The summed E-state index contributed by atoms with van der Waals surface area (Å²) < 4.78 is 13.4. The summed E-state index contributed by atoms with van der Waals surface area (Å²) in [4.78, 5) is 4.77. The Hall–Kier alpha value is -1.72. The topological polar surface area (TPSA) is 49.2 Å². The van der Waals surface area contributed by atoms with E-state index in [0.717, 1.165) is 23.8 Å². The molecule has 2 aromatic rings. The van der Waals surface area contributed by atoms with Crippen LogP contribution in [0.2, 0.25) is 0 Å². The molecule has 5 nitrogen and oxygen atoms in total. The summed E-state index contributed by atoms with van der Waals surface area (Å²) in [6.45, 7) is 10.3. The van der Waals surface area contributed by atoms with Crippen molar-refractivity contribution in [3.05, 3.63) is 41.0 Å². The van der Waals surface area contributed by atoms with E-state index in [2.05, 4.69) is 45.9 Å². The van der Waals surface area contributed by atoms with Crippen molar-refractivity contribution < 1.29 is 9.47 Å². The van der Waals surface area contributed by atoms with Gasteiger partial charge in [0.2, 0.25) is 0 Å². The monoisotopic (exact) mass is 315 g/mol. The highest BCUT2D eigenvalue weighted by Gasteiger charge is 2.25. The minimum atomic E-state index is -0.155. The third kappa shape index (κ3) is 3.62. The van der Waals surface area contributed by atoms with Crippen molar-refractivity contribution in [2.45, 2.75) is 40.2 Å². The van der Waals surface area contributed by atoms with Gasteiger partial charge in [0.05, 0.1) is 25.5 Å². The second-order valence-corrected chi connectivity index (χ2v) is 6.62. The SMILES string of the molecule is Cc1ccc(C)c(-n2nc(CC(C)C)nc2[C@@H]2COCCO2)c1. The molecule has 1 aromatic heterocycles. The summed E-state index contributed by atoms with van der Waals surface area (Å²) in [6, 6.07) is 6.39. The summed E-state index contributed by atoms with van der Waals surface area (Å²) in [5, 5.41) is 4.77. The minimum absolute atomic E-state index is 0.155. The molecule has 1 aliphatic rings. The molecular formula is C18H25N3O2. The maximum absolute atomic E-state index is 5.87. The van der Waals surface area contributed by atoms with Gasteiger partial charge < -0.3 is 9.47 Å². The molecule has 1 saturated heterocycles. The summed E-state index contributed by atoms with van der Waals surface area (Å²) in [7, 11) is 0. The molecule has 0 radical (unpaired) electrons. The van der Waals surface area contributed by atoms with Gasteiger partial charge in [-0.05, 0) is 37.0 Å². The molecule has 5 heteroatoms. The third-order valence-electron chi connectivity index (χ3n) is 3.96. The molecule has 1 aliphatic heterocycles. The Bertz CT molecular complexity index is 673. The van der Waals surface area contributed by atoms with Crippen molar-refractivity contribution in [3.63, 3.8) is 0 Å². The zero-order valence-corrected chi connectivity index (χ0v) is 14.4. The zero-order valence-electron chi connectivity index (χ0n) is 14.4. The summed E-state index contributed by atoms with van der Waals surface area (Å²) >= 11 is 0. The Morgan fingerprint density at radius 1 is 1.26 bits per heavy atom. The van der Waals surface area contributed by atoms with E-state index in [4.69, 9.17) is 19.6 Å². The van der Waals surface area contributed by atoms with E-state index in [1.807, 2.05) is 4.68 Å². The molecule has 0 spiro atoms. The number of hydrogen-bond acceptors (Lipinski definition) is 4. The van der Waals surface area contributed by atoms with Gasteiger partial charge in [0.1, 0.15) is 6.10 Å². The first-order chi connectivity index (χ1) is 11.0. The van der Waals surface area contributed by atoms with E-state index >= 15 is 0 Å². The summed E-state index contributed by atoms with van der Waals surface area (Å²) in [5.41, 5.74) is 3.45. The molecule has 0 saturated carbocycles. The van der Waals surface area contributed by atoms with Gasteiger partial charge in [-0.2, -0.15) is 5.10 Å². The van der Waals surface area contributed by atoms with Crippen molar-refractivity contribution in [1.82, 2.24) is 14.8 Å². The molecule has 0 N–H and O–H groups in total. The molecule has 1 fully saturated rings. The fourth-order valence-corrected chi connectivity index (χ4v) is 2.79. The van der Waals surface area contributed by atoms with E-state index in [1.54, 1.807) is 0 Å². The number of nitrogens with zero attached hydrogens (tertiary/aromatic N) is 3. The van der Waals surface area contributed by atoms with Gasteiger partial charge in [-0.3, -0.25) is 0 Å². The molecule has 3 rings (SSSR count). The van der Waals surface area contributed by atoms with Gasteiger partial charge in [0.25, 0.3) is 0 Å². The van der Waals surface area contributed by atoms with Gasteiger partial charge >= 0.3 is 0 Å². The van der Waals surface area contributed by atoms with Gasteiger partial charge in [-0.25, -0.2) is 9.67 Å². The number of aromatic nitrogens is 3. The van der Waals surface area contributed by atoms with E-state index in [0.29, 0.717) is 25.7 Å². The summed E-state index contributed by atoms with van der Waals surface area (Å²) in [6.07, 6.45) is 0.704. The van der Waals surface area contributed by atoms with Crippen LogP contribution in [0.3, 0.4) is 0 Å². The number of rotatable bonds is 4. The van der Waals surface area contributed by atoms with E-state index in [-0.39, 0.29) is 6.10 Å². The molecule has 23 heavy (non-hydrogen) atoms. The molecule has 2 heterocycles. The Kier molecular flexibility index (Phi) is 4.78. The highest BCUT2D eigenvalue weighted by molar-refractivity contribution is 5.43. The number of ether oxygens (including phenoxy) is 2. The molecular weight excluding hydrogens is 290 g/mol. The Morgan fingerprint density at radius 2 is 2.09 bits per heavy atom. The van der Waals surface area contributed by atoms with E-state index < -0.39 is 0 Å². The smallest absolute Gasteiger partial charge is 0.163 e. The average molecular weight is 315 g/mol. The molecule has 0 unspecified atom stereocenters. The molecule has 0 amide bonds. The number of aryl methyl sites for hydroxylation is 2. The van der Waals surface area contributed by atoms with Crippen LogP contribution in [-0.2, 0) is 15.9 Å². The first-order valence-electron chi connectivity index (χ1n) is 8.27. The molecule has 0 bridgehead atoms. The minimum Gasteiger partial charge on any atom is -0.376 e. The van der Waals surface area contributed by atoms with Crippen LogP contribution in [0.15, 0.2) is 18.2 Å². The van der Waals surface area contributed by atoms with Crippen LogP contribution in [0.1, 0.15) is 42.7 Å². The van der Waals surface area contributed by atoms with Crippen molar-refractivity contribution in [3.8, 4) is 5.69 Å². The lowest BCUT2D eigenvalue weighted by Crippen LogP contribution is -2.25. The maximum atomic E-state index is 5.87. The highest BCUT2D eigenvalue weighted by Crippen LogP contribution is 2.25. The van der Waals surface area contributed by atoms with Crippen LogP contribution in [0.25, 0.3) is 5.69 Å². The molecule has 0 aliphatic carbocycles. The Labute approximate surface area is 137 Å². The van der Waals surface area contributed by atoms with E-state index in [9.17, 15) is 0 Å². The lowest BCUT2D eigenvalue weighted by molar-refractivity contribution is -0.0942. The normalized spacial score (nSPS) is 18.6. The van der Waals surface area contributed by atoms with Gasteiger partial charge in [-0.15, -0.1) is 0 Å². The van der Waals surface area contributed by atoms with Crippen LogP contribution in [-0.4, -0.2) is 34.6 Å². The third-order valence-corrected chi connectivity index (χ3v) is 3.96. The lowest BCUT2D eigenvalue weighted by Gasteiger charge is -2.23. The van der Waals surface area contributed by atoms with Gasteiger partial charge in [0.15, 0.2) is 11.6 Å². The van der Waals surface area contributed by atoms with Crippen molar-refractivity contribution >= 4 is 0 Å². The highest BCUT2D eigenvalue weighted by atomic mass is 16.6. The number of hydrogen-bond donors (Lipinski definition) is 0. The first kappa shape index (κ1) is 16.1. The Balaban J connectivity index is 2.05. The molecule has 1 aromatic carbocycles. The predicted molar refractivity (Wildman–Crippen MR) is 88.9 cm³/mol. The molecule has 124 valence electrons. The fourth-order valence-electron chi connectivity index (χ4n) is 2.79. The van der Waals surface area contributed by atoms with Crippen LogP contribution in [0.4, 0.5) is 0 Å².